The third-order valence-electron chi connectivity index (χ3n) is 5.38. The van der Waals surface area contributed by atoms with Crippen molar-refractivity contribution in [2.24, 2.45) is 5.92 Å². The first-order valence-electron chi connectivity index (χ1n) is 9.89. The molecule has 2 aromatic heterocycles. The van der Waals surface area contributed by atoms with Gasteiger partial charge in [-0.1, -0.05) is 18.2 Å². The highest BCUT2D eigenvalue weighted by molar-refractivity contribution is 5.96. The minimum atomic E-state index is -0.380. The number of H-pyrrole nitrogens is 2. The van der Waals surface area contributed by atoms with Gasteiger partial charge in [-0.2, -0.15) is 4.98 Å². The number of rotatable bonds is 5. The van der Waals surface area contributed by atoms with E-state index in [1.54, 1.807) is 4.90 Å². The number of nitrogens with one attached hydrogen (secondary N) is 3. The molecule has 1 aliphatic rings. The van der Waals surface area contributed by atoms with Crippen molar-refractivity contribution in [2.75, 3.05) is 11.9 Å². The molecule has 29 heavy (non-hydrogen) atoms. The van der Waals surface area contributed by atoms with Crippen LogP contribution >= 0.6 is 0 Å². The Morgan fingerprint density at radius 2 is 2.07 bits per heavy atom. The topological polar surface area (TPSA) is 107 Å². The molecule has 8 nitrogen and oxygen atoms in total. The number of aromatic nitrogens is 4. The van der Waals surface area contributed by atoms with Crippen molar-refractivity contribution >= 4 is 28.7 Å². The molecule has 0 aliphatic carbocycles. The van der Waals surface area contributed by atoms with Crippen LogP contribution in [0.3, 0.4) is 0 Å². The summed E-state index contributed by atoms with van der Waals surface area (Å²) in [5.74, 6) is 0.379. The molecule has 1 unspecified atom stereocenters. The van der Waals surface area contributed by atoms with Crippen LogP contribution in [-0.4, -0.2) is 49.0 Å². The van der Waals surface area contributed by atoms with E-state index in [0.29, 0.717) is 18.8 Å². The number of carbonyl (C=O) groups excluding carboxylic acids is 2. The Morgan fingerprint density at radius 1 is 1.28 bits per heavy atom. The fourth-order valence-electron chi connectivity index (χ4n) is 3.80. The average Bonchev–Trinajstić information content (AvgIpc) is 3.38. The zero-order valence-corrected chi connectivity index (χ0v) is 17.0. The van der Waals surface area contributed by atoms with Gasteiger partial charge in [-0.25, -0.2) is 0 Å². The predicted molar refractivity (Wildman–Crippen MR) is 110 cm³/mol. The Labute approximate surface area is 169 Å². The average molecular weight is 394 g/mol. The number of likely N-dealkylation sites (tertiary alicyclic amines) is 1. The number of nitrogens with zero attached hydrogens (tertiary/aromatic N) is 3. The summed E-state index contributed by atoms with van der Waals surface area (Å²) in [4.78, 5) is 34.1. The molecule has 1 atom stereocenters. The molecule has 3 aromatic rings. The standard InChI is InChI=1S/C21H26N6O2/c1-21(2,3)27-12-14(10-18(27)28)19(29)24-20-23-17(25-26-20)9-8-13-11-22-16-7-5-4-6-15(13)16/h4-7,11,14,22H,8-10,12H2,1-3H3,(H2,23,24,25,26,29). The summed E-state index contributed by atoms with van der Waals surface area (Å²) in [6.45, 7) is 6.34. The Hall–Kier alpha value is -3.16. The summed E-state index contributed by atoms with van der Waals surface area (Å²) in [6.07, 6.45) is 3.73. The number of para-hydroxylation sites is 1. The molecule has 8 heteroatoms. The van der Waals surface area contributed by atoms with Crippen molar-refractivity contribution in [2.45, 2.75) is 45.6 Å². The lowest BCUT2D eigenvalue weighted by atomic mass is 10.1. The molecule has 1 saturated heterocycles. The normalized spacial score (nSPS) is 17.3. The van der Waals surface area contributed by atoms with Crippen LogP contribution in [0.5, 0.6) is 0 Å². The van der Waals surface area contributed by atoms with Crippen molar-refractivity contribution < 1.29 is 9.59 Å². The molecule has 0 spiro atoms. The summed E-state index contributed by atoms with van der Waals surface area (Å²) >= 11 is 0. The van der Waals surface area contributed by atoms with Gasteiger partial charge in [0.1, 0.15) is 5.82 Å². The maximum absolute atomic E-state index is 12.5. The van der Waals surface area contributed by atoms with E-state index < -0.39 is 0 Å². The number of fused-ring (bicyclic) bond motifs is 1. The number of amides is 2. The van der Waals surface area contributed by atoms with E-state index in [4.69, 9.17) is 0 Å². The highest BCUT2D eigenvalue weighted by atomic mass is 16.2. The fourth-order valence-corrected chi connectivity index (χ4v) is 3.80. The number of aromatic amines is 2. The molecule has 0 radical (unpaired) electrons. The van der Waals surface area contributed by atoms with Crippen molar-refractivity contribution in [3.63, 3.8) is 0 Å². The van der Waals surface area contributed by atoms with Crippen molar-refractivity contribution in [3.05, 3.63) is 41.9 Å². The van der Waals surface area contributed by atoms with E-state index in [0.717, 1.165) is 11.9 Å². The van der Waals surface area contributed by atoms with Crippen LogP contribution in [0.25, 0.3) is 10.9 Å². The second kappa shape index (κ2) is 7.35. The lowest BCUT2D eigenvalue weighted by Crippen LogP contribution is -2.42. The molecule has 2 amide bonds. The zero-order valence-electron chi connectivity index (χ0n) is 17.0. The third-order valence-corrected chi connectivity index (χ3v) is 5.38. The second-order valence-electron chi connectivity index (χ2n) is 8.53. The first-order chi connectivity index (χ1) is 13.8. The van der Waals surface area contributed by atoms with Crippen LogP contribution < -0.4 is 5.32 Å². The van der Waals surface area contributed by atoms with E-state index in [1.165, 1.54) is 10.9 Å². The maximum Gasteiger partial charge on any atom is 0.248 e. The monoisotopic (exact) mass is 394 g/mol. The summed E-state index contributed by atoms with van der Waals surface area (Å²) in [5, 5.41) is 10.9. The van der Waals surface area contributed by atoms with Gasteiger partial charge < -0.3 is 9.88 Å². The Morgan fingerprint density at radius 3 is 2.83 bits per heavy atom. The number of aryl methyl sites for hydroxylation is 2. The van der Waals surface area contributed by atoms with Gasteiger partial charge in [-0.3, -0.25) is 20.0 Å². The van der Waals surface area contributed by atoms with Crippen molar-refractivity contribution in [1.29, 1.82) is 0 Å². The van der Waals surface area contributed by atoms with Crippen LogP contribution in [0.2, 0.25) is 0 Å². The first kappa shape index (κ1) is 19.2. The molecule has 152 valence electrons. The van der Waals surface area contributed by atoms with Gasteiger partial charge in [0.05, 0.1) is 5.92 Å². The SMILES string of the molecule is CC(C)(C)N1CC(C(=O)Nc2n[nH]c(CCc3c[nH]c4ccccc34)n2)CC1=O. The molecule has 3 N–H and O–H groups in total. The van der Waals surface area contributed by atoms with Gasteiger partial charge in [0.25, 0.3) is 0 Å². The van der Waals surface area contributed by atoms with Crippen LogP contribution in [0.15, 0.2) is 30.5 Å². The van der Waals surface area contributed by atoms with E-state index in [2.05, 4.69) is 37.6 Å². The maximum atomic E-state index is 12.5. The summed E-state index contributed by atoms with van der Waals surface area (Å²) in [6, 6.07) is 8.18. The van der Waals surface area contributed by atoms with E-state index >= 15 is 0 Å². The summed E-state index contributed by atoms with van der Waals surface area (Å²) in [7, 11) is 0. The molecule has 4 rings (SSSR count). The number of hydrogen-bond donors (Lipinski definition) is 3. The lowest BCUT2D eigenvalue weighted by molar-refractivity contribution is -0.131. The number of benzene rings is 1. The first-order valence-corrected chi connectivity index (χ1v) is 9.89. The molecule has 1 aliphatic heterocycles. The lowest BCUT2D eigenvalue weighted by Gasteiger charge is -2.31. The van der Waals surface area contributed by atoms with E-state index in [9.17, 15) is 9.59 Å². The Kier molecular flexibility index (Phi) is 4.86. The molecule has 0 saturated carbocycles. The Balaban J connectivity index is 1.35. The second-order valence-corrected chi connectivity index (χ2v) is 8.53. The summed E-state index contributed by atoms with van der Waals surface area (Å²) < 4.78 is 0. The number of hydrogen-bond acceptors (Lipinski definition) is 4. The smallest absolute Gasteiger partial charge is 0.248 e. The molecule has 3 heterocycles. The molecular weight excluding hydrogens is 368 g/mol. The van der Waals surface area contributed by atoms with E-state index in [1.807, 2.05) is 39.1 Å². The molecule has 1 fully saturated rings. The van der Waals surface area contributed by atoms with Gasteiger partial charge in [0.2, 0.25) is 17.8 Å². The number of carbonyl (C=O) groups is 2. The molecule has 0 bridgehead atoms. The van der Waals surface area contributed by atoms with Gasteiger partial charge in [-0.05, 0) is 38.8 Å². The fraction of sp³-hybridized carbons (Fsp3) is 0.429. The van der Waals surface area contributed by atoms with Crippen molar-refractivity contribution in [1.82, 2.24) is 25.1 Å². The van der Waals surface area contributed by atoms with Gasteiger partial charge in [-0.15, -0.1) is 5.10 Å². The van der Waals surface area contributed by atoms with Crippen LogP contribution in [0.4, 0.5) is 5.95 Å². The Bertz CT molecular complexity index is 1040. The van der Waals surface area contributed by atoms with Crippen LogP contribution in [-0.2, 0) is 22.4 Å². The van der Waals surface area contributed by atoms with Gasteiger partial charge in [0, 0.05) is 42.0 Å². The number of anilines is 1. The highest BCUT2D eigenvalue weighted by Crippen LogP contribution is 2.26. The summed E-state index contributed by atoms with van der Waals surface area (Å²) in [5.41, 5.74) is 2.05. The largest absolute Gasteiger partial charge is 0.361 e. The minimum absolute atomic E-state index is 0.00653. The minimum Gasteiger partial charge on any atom is -0.361 e. The molecular formula is C21H26N6O2. The molecule has 1 aromatic carbocycles. The van der Waals surface area contributed by atoms with Crippen LogP contribution in [0.1, 0.15) is 38.6 Å². The predicted octanol–water partition coefficient (Wildman–Crippen LogP) is 2.66. The van der Waals surface area contributed by atoms with Crippen molar-refractivity contribution in [3.8, 4) is 0 Å². The zero-order chi connectivity index (χ0) is 20.6. The van der Waals surface area contributed by atoms with Gasteiger partial charge in [0.15, 0.2) is 0 Å². The quantitative estimate of drug-likeness (QED) is 0.618. The third kappa shape index (κ3) is 4.01. The van der Waals surface area contributed by atoms with E-state index in [-0.39, 0.29) is 35.6 Å². The van der Waals surface area contributed by atoms with Gasteiger partial charge >= 0.3 is 0 Å². The highest BCUT2D eigenvalue weighted by Gasteiger charge is 2.39. The van der Waals surface area contributed by atoms with Crippen LogP contribution in [0, 0.1) is 5.92 Å².